The lowest BCUT2D eigenvalue weighted by atomic mass is 10.1. The summed E-state index contributed by atoms with van der Waals surface area (Å²) in [4.78, 5) is 34.9. The van der Waals surface area contributed by atoms with E-state index in [1.54, 1.807) is 30.3 Å². The van der Waals surface area contributed by atoms with Crippen LogP contribution < -0.4 is 10.7 Å². The van der Waals surface area contributed by atoms with E-state index >= 15 is 0 Å². The maximum absolute atomic E-state index is 13.2. The highest BCUT2D eigenvalue weighted by atomic mass is 32.2. The number of carbonyl (C=O) groups is 1. The van der Waals surface area contributed by atoms with Gasteiger partial charge in [0.05, 0.1) is 28.9 Å². The molecule has 4 rings (SSSR count). The van der Waals surface area contributed by atoms with Crippen molar-refractivity contribution in [3.63, 3.8) is 0 Å². The van der Waals surface area contributed by atoms with Crippen molar-refractivity contribution in [2.45, 2.75) is 32.2 Å². The molecule has 0 fully saturated rings. The highest BCUT2D eigenvalue weighted by Crippen LogP contribution is 2.23. The number of nitrogens with one attached hydrogen (secondary N) is 1. The number of sulfonamides is 1. The number of Topliss-reactive ketones (excluding diaryl/α,β-unsaturated/α-hetero) is 1. The fourth-order valence-electron chi connectivity index (χ4n) is 4.22. The van der Waals surface area contributed by atoms with Gasteiger partial charge in [-0.1, -0.05) is 19.1 Å². The summed E-state index contributed by atoms with van der Waals surface area (Å²) in [5, 5.41) is 5.72. The average Bonchev–Trinajstić information content (AvgIpc) is 3.12. The molecule has 0 atom stereocenters. The lowest BCUT2D eigenvalue weighted by Crippen LogP contribution is -2.31. The molecule has 4 aromatic rings. The van der Waals surface area contributed by atoms with Gasteiger partial charge in [-0.25, -0.2) is 18.5 Å². The van der Waals surface area contributed by atoms with Gasteiger partial charge in [0.2, 0.25) is 10.0 Å². The van der Waals surface area contributed by atoms with Crippen molar-refractivity contribution in [3.8, 4) is 5.69 Å². The maximum atomic E-state index is 13.2. The molecular formula is C25H27N5O4S. The lowest BCUT2D eigenvalue weighted by Gasteiger charge is -2.19. The Kier molecular flexibility index (Phi) is 6.70. The molecule has 2 heterocycles. The molecule has 2 aromatic carbocycles. The van der Waals surface area contributed by atoms with Gasteiger partial charge in [-0.05, 0) is 62.9 Å². The van der Waals surface area contributed by atoms with E-state index in [9.17, 15) is 18.0 Å². The number of primary sulfonamides is 1. The van der Waals surface area contributed by atoms with Gasteiger partial charge in [-0.3, -0.25) is 14.5 Å². The molecule has 0 bridgehead atoms. The van der Waals surface area contributed by atoms with Crippen LogP contribution in [0.5, 0.6) is 0 Å². The monoisotopic (exact) mass is 493 g/mol. The zero-order valence-corrected chi connectivity index (χ0v) is 20.6. The highest BCUT2D eigenvalue weighted by Gasteiger charge is 2.20. The van der Waals surface area contributed by atoms with Crippen LogP contribution in [0.15, 0.2) is 64.3 Å². The second kappa shape index (κ2) is 9.57. The van der Waals surface area contributed by atoms with E-state index in [1.807, 2.05) is 42.4 Å². The van der Waals surface area contributed by atoms with Crippen LogP contribution >= 0.6 is 0 Å². The van der Waals surface area contributed by atoms with Gasteiger partial charge in [0.1, 0.15) is 5.82 Å². The second-order valence-electron chi connectivity index (χ2n) is 8.42. The minimum Gasteiger partial charge on any atom is -0.318 e. The zero-order valence-electron chi connectivity index (χ0n) is 19.8. The minimum atomic E-state index is -3.78. The van der Waals surface area contributed by atoms with Gasteiger partial charge >= 0.3 is 0 Å². The van der Waals surface area contributed by atoms with Crippen molar-refractivity contribution < 1.29 is 13.2 Å². The number of aromatic nitrogens is 3. The Hall–Kier alpha value is -3.60. The van der Waals surface area contributed by atoms with Crippen molar-refractivity contribution in [1.29, 1.82) is 0 Å². The summed E-state index contributed by atoms with van der Waals surface area (Å²) in [6.45, 7) is 6.77. The van der Waals surface area contributed by atoms with Gasteiger partial charge < -0.3 is 9.55 Å². The van der Waals surface area contributed by atoms with Gasteiger partial charge in [0, 0.05) is 22.6 Å². The number of fused-ring (bicyclic) bond motifs is 1. The van der Waals surface area contributed by atoms with Crippen LogP contribution in [0, 0.1) is 13.8 Å². The Labute approximate surface area is 203 Å². The Morgan fingerprint density at radius 2 is 1.80 bits per heavy atom. The van der Waals surface area contributed by atoms with Crippen LogP contribution in [-0.2, 0) is 16.6 Å². The molecular weight excluding hydrogens is 466 g/mol. The van der Waals surface area contributed by atoms with Crippen LogP contribution in [0.1, 0.15) is 34.5 Å². The molecule has 0 aliphatic heterocycles. The van der Waals surface area contributed by atoms with E-state index < -0.39 is 10.0 Å². The molecule has 2 aromatic heterocycles. The first kappa shape index (κ1) is 24.5. The second-order valence-corrected chi connectivity index (χ2v) is 9.98. The van der Waals surface area contributed by atoms with Crippen LogP contribution in [0.25, 0.3) is 16.6 Å². The molecule has 10 heteroatoms. The molecule has 0 aliphatic rings. The average molecular weight is 494 g/mol. The van der Waals surface area contributed by atoms with Gasteiger partial charge in [-0.15, -0.1) is 0 Å². The van der Waals surface area contributed by atoms with Crippen LogP contribution in [-0.4, -0.2) is 46.7 Å². The van der Waals surface area contributed by atoms with E-state index in [-0.39, 0.29) is 22.8 Å². The fourth-order valence-corrected chi connectivity index (χ4v) is 4.73. The van der Waals surface area contributed by atoms with Gasteiger partial charge in [0.15, 0.2) is 5.78 Å². The molecule has 0 saturated carbocycles. The van der Waals surface area contributed by atoms with E-state index in [2.05, 4.69) is 9.97 Å². The topological polar surface area (TPSA) is 131 Å². The number of hydrogen-bond donors (Lipinski definition) is 2. The molecule has 0 aliphatic carbocycles. The number of ketones is 1. The van der Waals surface area contributed by atoms with Crippen molar-refractivity contribution in [3.05, 3.63) is 87.7 Å². The summed E-state index contributed by atoms with van der Waals surface area (Å²) in [5.41, 5.74) is 3.32. The Bertz CT molecular complexity index is 1570. The van der Waals surface area contributed by atoms with Crippen LogP contribution in [0.2, 0.25) is 0 Å². The molecule has 0 radical (unpaired) electrons. The molecule has 0 saturated heterocycles. The Morgan fingerprint density at radius 1 is 1.11 bits per heavy atom. The minimum absolute atomic E-state index is 0.0268. The van der Waals surface area contributed by atoms with Gasteiger partial charge in [-0.2, -0.15) is 0 Å². The summed E-state index contributed by atoms with van der Waals surface area (Å²) in [7, 11) is -3.78. The third-order valence-electron chi connectivity index (χ3n) is 6.00. The molecule has 0 spiro atoms. The smallest absolute Gasteiger partial charge is 0.258 e. The summed E-state index contributed by atoms with van der Waals surface area (Å²) in [5.74, 6) is 0.444. The molecule has 3 N–H and O–H groups in total. The first-order valence-electron chi connectivity index (χ1n) is 11.1. The Balaban J connectivity index is 1.56. The molecule has 35 heavy (non-hydrogen) atoms. The van der Waals surface area contributed by atoms with Crippen molar-refractivity contribution >= 4 is 26.7 Å². The predicted octanol–water partition coefficient (Wildman–Crippen LogP) is 2.68. The van der Waals surface area contributed by atoms with Crippen LogP contribution in [0.4, 0.5) is 0 Å². The molecule has 0 amide bonds. The quantitative estimate of drug-likeness (QED) is 0.363. The number of benzene rings is 2. The van der Waals surface area contributed by atoms with E-state index in [0.29, 0.717) is 35.4 Å². The van der Waals surface area contributed by atoms with E-state index in [1.165, 1.54) is 12.1 Å². The number of nitrogens with two attached hydrogens (primary N) is 1. The summed E-state index contributed by atoms with van der Waals surface area (Å²) < 4.78 is 25.0. The summed E-state index contributed by atoms with van der Waals surface area (Å²) in [6.07, 6.45) is 0. The highest BCUT2D eigenvalue weighted by molar-refractivity contribution is 7.89. The molecule has 9 nitrogen and oxygen atoms in total. The normalized spacial score (nSPS) is 11.9. The number of likely N-dealkylation sites (N-methyl/N-ethyl adjacent to an activating group) is 1. The summed E-state index contributed by atoms with van der Waals surface area (Å²) >= 11 is 0. The molecule has 182 valence electrons. The fraction of sp³-hybridized carbons (Fsp3) is 0.240. The number of para-hydroxylation sites is 1. The van der Waals surface area contributed by atoms with Gasteiger partial charge in [0.25, 0.3) is 5.56 Å². The first-order chi connectivity index (χ1) is 16.6. The van der Waals surface area contributed by atoms with E-state index in [0.717, 1.165) is 17.1 Å². The third kappa shape index (κ3) is 5.09. The standard InChI is InChI=1S/C25H27N5O4S/c1-4-29(15-24-27-22-8-6-5-7-20(22)25(32)28-24)14-23(31)21-13-16(2)30(17(21)3)18-9-11-19(12-10-18)35(26,33)34/h5-13H,4,14-15H2,1-3H3,(H2,26,33,34)(H,27,28,32). The lowest BCUT2D eigenvalue weighted by molar-refractivity contribution is 0.0927. The van der Waals surface area contributed by atoms with Crippen LogP contribution in [0.3, 0.4) is 0 Å². The number of aryl methyl sites for hydroxylation is 1. The van der Waals surface area contributed by atoms with E-state index in [4.69, 9.17) is 5.14 Å². The largest absolute Gasteiger partial charge is 0.318 e. The number of hydrogen-bond acceptors (Lipinski definition) is 6. The number of nitrogens with zero attached hydrogens (tertiary/aromatic N) is 3. The maximum Gasteiger partial charge on any atom is 0.258 e. The van der Waals surface area contributed by atoms with Crippen molar-refractivity contribution in [1.82, 2.24) is 19.4 Å². The molecule has 0 unspecified atom stereocenters. The van der Waals surface area contributed by atoms with Crippen molar-refractivity contribution in [2.75, 3.05) is 13.1 Å². The SMILES string of the molecule is CCN(CC(=O)c1cc(C)n(-c2ccc(S(N)(=O)=O)cc2)c1C)Cc1nc2ccccc2c(=O)[nH]1. The predicted molar refractivity (Wildman–Crippen MR) is 134 cm³/mol. The number of aromatic amines is 1. The summed E-state index contributed by atoms with van der Waals surface area (Å²) in [6, 6.07) is 15.2. The Morgan fingerprint density at radius 3 is 2.46 bits per heavy atom. The number of carbonyl (C=O) groups excluding carboxylic acids is 1. The van der Waals surface area contributed by atoms with Crippen molar-refractivity contribution in [2.24, 2.45) is 5.14 Å². The number of rotatable bonds is 8. The first-order valence-corrected chi connectivity index (χ1v) is 12.7. The number of H-pyrrole nitrogens is 1. The third-order valence-corrected chi connectivity index (χ3v) is 6.93. The zero-order chi connectivity index (χ0) is 25.3.